The molecule has 2 aromatic rings. The molecule has 0 aliphatic heterocycles. The Morgan fingerprint density at radius 2 is 2.13 bits per heavy atom. The molecule has 4 heteroatoms. The zero-order chi connectivity index (χ0) is 10.8. The Morgan fingerprint density at radius 1 is 1.33 bits per heavy atom. The minimum Gasteiger partial charge on any atom is -0.270 e. The molecule has 0 saturated heterocycles. The molecule has 0 amide bonds. The van der Waals surface area contributed by atoms with Crippen molar-refractivity contribution in [2.45, 2.75) is 26.8 Å². The van der Waals surface area contributed by atoms with Gasteiger partial charge in [-0.3, -0.25) is 9.36 Å². The summed E-state index contributed by atoms with van der Waals surface area (Å²) in [6, 6.07) is 4.15. The van der Waals surface area contributed by atoms with Crippen LogP contribution >= 0.6 is 0 Å². The van der Waals surface area contributed by atoms with E-state index in [1.54, 1.807) is 0 Å². The first-order valence-electron chi connectivity index (χ1n) is 5.21. The van der Waals surface area contributed by atoms with Crippen LogP contribution < -0.4 is 0 Å². The van der Waals surface area contributed by atoms with E-state index in [1.165, 1.54) is 5.69 Å². The van der Waals surface area contributed by atoms with Crippen LogP contribution in [0.4, 0.5) is 0 Å². The predicted octanol–water partition coefficient (Wildman–Crippen LogP) is 1.54. The fourth-order valence-electron chi connectivity index (χ4n) is 1.61. The van der Waals surface area contributed by atoms with Crippen molar-refractivity contribution >= 4 is 0 Å². The highest BCUT2D eigenvalue weighted by atomic mass is 15.3. The number of aromatic nitrogens is 4. The van der Waals surface area contributed by atoms with Crippen molar-refractivity contribution in [2.75, 3.05) is 0 Å². The summed E-state index contributed by atoms with van der Waals surface area (Å²) in [6.07, 6.45) is 2.97. The van der Waals surface area contributed by atoms with Gasteiger partial charge in [-0.25, -0.2) is 0 Å². The first kappa shape index (κ1) is 9.96. The number of rotatable bonds is 3. The van der Waals surface area contributed by atoms with Gasteiger partial charge in [0.1, 0.15) is 0 Å². The van der Waals surface area contributed by atoms with Gasteiger partial charge in [0, 0.05) is 13.2 Å². The van der Waals surface area contributed by atoms with Crippen molar-refractivity contribution in [3.63, 3.8) is 0 Å². The Bertz CT molecular complexity index is 453. The average Bonchev–Trinajstić information content (AvgIpc) is 2.75. The van der Waals surface area contributed by atoms with Gasteiger partial charge >= 0.3 is 0 Å². The smallest absolute Gasteiger partial charge is 0.0828 e. The fourth-order valence-corrected chi connectivity index (χ4v) is 1.61. The zero-order valence-corrected chi connectivity index (χ0v) is 9.44. The molecule has 0 bridgehead atoms. The maximum absolute atomic E-state index is 4.41. The van der Waals surface area contributed by atoms with Gasteiger partial charge in [0.05, 0.1) is 23.6 Å². The highest BCUT2D eigenvalue weighted by molar-refractivity contribution is 5.10. The van der Waals surface area contributed by atoms with Crippen molar-refractivity contribution in [2.24, 2.45) is 7.05 Å². The lowest BCUT2D eigenvalue weighted by Crippen LogP contribution is -2.05. The second-order valence-corrected chi connectivity index (χ2v) is 3.76. The quantitative estimate of drug-likeness (QED) is 0.760. The van der Waals surface area contributed by atoms with Crippen LogP contribution in [0.2, 0.25) is 0 Å². The predicted molar refractivity (Wildman–Crippen MR) is 58.7 cm³/mol. The largest absolute Gasteiger partial charge is 0.270 e. The summed E-state index contributed by atoms with van der Waals surface area (Å²) in [7, 11) is 1.98. The molecule has 2 rings (SSSR count). The van der Waals surface area contributed by atoms with Crippen LogP contribution in [0.3, 0.4) is 0 Å². The van der Waals surface area contributed by atoms with Crippen molar-refractivity contribution < 1.29 is 0 Å². The maximum atomic E-state index is 4.41. The van der Waals surface area contributed by atoms with E-state index in [0.717, 1.165) is 24.4 Å². The second-order valence-electron chi connectivity index (χ2n) is 3.76. The average molecular weight is 204 g/mol. The molecule has 0 aliphatic carbocycles. The Balaban J connectivity index is 2.20. The standard InChI is InChI=1S/C11H16N4/c1-4-10-7-11(14(3)13-10)8-15-6-5-9(2)12-15/h5-7H,4,8H2,1-3H3. The molecule has 2 heterocycles. The van der Waals surface area contributed by atoms with Crippen LogP contribution in [0.1, 0.15) is 24.0 Å². The molecule has 0 spiro atoms. The molecule has 0 aromatic carbocycles. The number of hydrogen-bond donors (Lipinski definition) is 0. The fraction of sp³-hybridized carbons (Fsp3) is 0.455. The number of hydrogen-bond acceptors (Lipinski definition) is 2. The third-order valence-electron chi connectivity index (χ3n) is 2.49. The molecule has 0 saturated carbocycles. The minimum atomic E-state index is 0.789. The Kier molecular flexibility index (Phi) is 2.58. The van der Waals surface area contributed by atoms with Gasteiger partial charge in [0.2, 0.25) is 0 Å². The maximum Gasteiger partial charge on any atom is 0.0828 e. The van der Waals surface area contributed by atoms with E-state index in [-0.39, 0.29) is 0 Å². The molecular weight excluding hydrogens is 188 g/mol. The van der Waals surface area contributed by atoms with Crippen molar-refractivity contribution in [1.29, 1.82) is 0 Å². The van der Waals surface area contributed by atoms with Crippen LogP contribution in [-0.2, 0) is 20.0 Å². The Hall–Kier alpha value is -1.58. The van der Waals surface area contributed by atoms with Gasteiger partial charge in [-0.2, -0.15) is 10.2 Å². The second kappa shape index (κ2) is 3.88. The molecule has 0 atom stereocenters. The van der Waals surface area contributed by atoms with E-state index in [9.17, 15) is 0 Å². The molecule has 4 nitrogen and oxygen atoms in total. The number of nitrogens with zero attached hydrogens (tertiary/aromatic N) is 4. The third-order valence-corrected chi connectivity index (χ3v) is 2.49. The molecule has 80 valence electrons. The third kappa shape index (κ3) is 2.09. The van der Waals surface area contributed by atoms with Crippen LogP contribution in [0.25, 0.3) is 0 Å². The summed E-state index contributed by atoms with van der Waals surface area (Å²) in [5, 5.41) is 8.77. The van der Waals surface area contributed by atoms with Crippen molar-refractivity contribution in [3.05, 3.63) is 35.4 Å². The lowest BCUT2D eigenvalue weighted by molar-refractivity contribution is 0.614. The van der Waals surface area contributed by atoms with Crippen LogP contribution in [0.5, 0.6) is 0 Å². The topological polar surface area (TPSA) is 35.6 Å². The summed E-state index contributed by atoms with van der Waals surface area (Å²) >= 11 is 0. The Morgan fingerprint density at radius 3 is 2.67 bits per heavy atom. The first-order valence-corrected chi connectivity index (χ1v) is 5.21. The summed E-state index contributed by atoms with van der Waals surface area (Å²) in [4.78, 5) is 0. The van der Waals surface area contributed by atoms with E-state index in [1.807, 2.05) is 35.6 Å². The van der Waals surface area contributed by atoms with Crippen LogP contribution in [-0.4, -0.2) is 19.6 Å². The van der Waals surface area contributed by atoms with Crippen molar-refractivity contribution in [1.82, 2.24) is 19.6 Å². The van der Waals surface area contributed by atoms with E-state index in [2.05, 4.69) is 23.2 Å². The van der Waals surface area contributed by atoms with Crippen molar-refractivity contribution in [3.8, 4) is 0 Å². The minimum absolute atomic E-state index is 0.789. The van der Waals surface area contributed by atoms with Gasteiger partial charge in [0.15, 0.2) is 0 Å². The molecule has 0 unspecified atom stereocenters. The molecule has 0 N–H and O–H groups in total. The lowest BCUT2D eigenvalue weighted by Gasteiger charge is -2.01. The molecule has 15 heavy (non-hydrogen) atoms. The van der Waals surface area contributed by atoms with E-state index < -0.39 is 0 Å². The molecular formula is C11H16N4. The highest BCUT2D eigenvalue weighted by Gasteiger charge is 2.04. The van der Waals surface area contributed by atoms with E-state index in [4.69, 9.17) is 0 Å². The monoisotopic (exact) mass is 204 g/mol. The summed E-state index contributed by atoms with van der Waals surface area (Å²) in [6.45, 7) is 4.90. The highest BCUT2D eigenvalue weighted by Crippen LogP contribution is 2.06. The van der Waals surface area contributed by atoms with Gasteiger partial charge in [0.25, 0.3) is 0 Å². The zero-order valence-electron chi connectivity index (χ0n) is 9.44. The Labute approximate surface area is 89.5 Å². The number of aryl methyl sites for hydroxylation is 3. The van der Waals surface area contributed by atoms with Crippen LogP contribution in [0, 0.1) is 6.92 Å². The molecule has 0 aliphatic rings. The van der Waals surface area contributed by atoms with E-state index in [0.29, 0.717) is 0 Å². The molecule has 2 aromatic heterocycles. The summed E-state index contributed by atoms with van der Waals surface area (Å²) in [5.74, 6) is 0. The lowest BCUT2D eigenvalue weighted by atomic mass is 10.3. The SMILES string of the molecule is CCc1cc(Cn2ccc(C)n2)n(C)n1. The van der Waals surface area contributed by atoms with Gasteiger partial charge in [-0.1, -0.05) is 6.92 Å². The van der Waals surface area contributed by atoms with Crippen LogP contribution in [0.15, 0.2) is 18.3 Å². The van der Waals surface area contributed by atoms with Gasteiger partial charge in [-0.15, -0.1) is 0 Å². The summed E-state index contributed by atoms with van der Waals surface area (Å²) < 4.78 is 3.86. The van der Waals surface area contributed by atoms with Gasteiger partial charge in [-0.05, 0) is 25.5 Å². The molecule has 0 fully saturated rings. The normalized spacial score (nSPS) is 10.9. The van der Waals surface area contributed by atoms with E-state index >= 15 is 0 Å². The summed E-state index contributed by atoms with van der Waals surface area (Å²) in [5.41, 5.74) is 3.37. The molecule has 0 radical (unpaired) electrons. The first-order chi connectivity index (χ1) is 7.19. The van der Waals surface area contributed by atoms with Gasteiger partial charge < -0.3 is 0 Å².